The molecule has 0 aliphatic heterocycles. The highest BCUT2D eigenvalue weighted by Gasteiger charge is 2.10. The van der Waals surface area contributed by atoms with Gasteiger partial charge >= 0.3 is 0 Å². The molecule has 260 valence electrons. The van der Waals surface area contributed by atoms with Crippen molar-refractivity contribution in [3.05, 3.63) is 187 Å². The van der Waals surface area contributed by atoms with E-state index < -0.39 is 11.6 Å². The van der Waals surface area contributed by atoms with E-state index in [4.69, 9.17) is 11.5 Å². The zero-order valence-corrected chi connectivity index (χ0v) is 28.2. The Morgan fingerprint density at radius 2 is 0.750 bits per heavy atom. The Morgan fingerprint density at radius 3 is 1.17 bits per heavy atom. The van der Waals surface area contributed by atoms with E-state index in [-0.39, 0.29) is 17.1 Å². The second kappa shape index (κ2) is 16.6. The number of phenolic OH excluding ortho intramolecular Hbond substituents is 1. The molecule has 0 spiro atoms. The van der Waals surface area contributed by atoms with E-state index in [1.807, 2.05) is 146 Å². The topological polar surface area (TPSA) is 120 Å². The van der Waals surface area contributed by atoms with Gasteiger partial charge in [0.15, 0.2) is 5.82 Å². The van der Waals surface area contributed by atoms with Gasteiger partial charge in [-0.1, -0.05) is 66.7 Å². The van der Waals surface area contributed by atoms with Crippen LogP contribution in [0.3, 0.4) is 0 Å². The lowest BCUT2D eigenvalue weighted by atomic mass is 10.0. The number of hydrogen-bond donors (Lipinski definition) is 7. The van der Waals surface area contributed by atoms with Crippen LogP contribution in [0.2, 0.25) is 0 Å². The molecule has 0 aliphatic carbocycles. The molecule has 0 fully saturated rings. The third-order valence-electron chi connectivity index (χ3n) is 8.03. The lowest BCUT2D eigenvalue weighted by Crippen LogP contribution is -2.02. The van der Waals surface area contributed by atoms with Gasteiger partial charge in [-0.25, -0.2) is 8.78 Å². The molecule has 0 unspecified atom stereocenters. The fourth-order valence-corrected chi connectivity index (χ4v) is 5.37. The van der Waals surface area contributed by atoms with Crippen LogP contribution in [0.15, 0.2) is 164 Å². The fourth-order valence-electron chi connectivity index (χ4n) is 5.37. The SMILES string of the molecule is Nc1c(F)cc(Nc2ccc(Nc3ccccc3)cc2)cc1Cc1ccccc1.Nc1c(O)cc(Nc2ccc(Nc3ccccc3)cc2)cc1F. The first-order valence-corrected chi connectivity index (χ1v) is 16.6. The standard InChI is InChI=1S/C25H22FN3.C18H16FN3O/c26-24-17-23(16-19(25(24)27)15-18-7-3-1-4-8-18)29-22-13-11-21(12-14-22)28-20-9-5-2-6-10-20;19-16-10-15(11-17(23)18(16)20)22-14-8-6-13(7-9-14)21-12-4-2-1-3-5-12/h1-14,16-17,28-29H,15,27H2;1-11,21-23H,20H2. The highest BCUT2D eigenvalue weighted by atomic mass is 19.1. The Bertz CT molecular complexity index is 2180. The quantitative estimate of drug-likeness (QED) is 0.0563. The molecule has 9 heteroatoms. The smallest absolute Gasteiger partial charge is 0.151 e. The summed E-state index contributed by atoms with van der Waals surface area (Å²) in [5.41, 5.74) is 19.8. The molecule has 52 heavy (non-hydrogen) atoms. The van der Waals surface area contributed by atoms with Crippen LogP contribution in [0.25, 0.3) is 0 Å². The first-order chi connectivity index (χ1) is 25.3. The Balaban J connectivity index is 0.000000183. The second-order valence-corrected chi connectivity index (χ2v) is 12.0. The summed E-state index contributed by atoms with van der Waals surface area (Å²) in [6.07, 6.45) is 0.582. The van der Waals surface area contributed by atoms with Crippen LogP contribution in [-0.4, -0.2) is 5.11 Å². The Hall–Kier alpha value is -7.00. The van der Waals surface area contributed by atoms with E-state index in [0.29, 0.717) is 17.8 Å². The molecular weight excluding hydrogens is 655 g/mol. The average Bonchev–Trinajstić information content (AvgIpc) is 3.16. The van der Waals surface area contributed by atoms with Crippen LogP contribution in [-0.2, 0) is 6.42 Å². The number of anilines is 10. The monoisotopic (exact) mass is 692 g/mol. The number of hydrogen-bond acceptors (Lipinski definition) is 7. The molecule has 7 aromatic rings. The molecule has 0 atom stereocenters. The van der Waals surface area contributed by atoms with E-state index in [2.05, 4.69) is 21.3 Å². The largest absolute Gasteiger partial charge is 0.506 e. The second-order valence-electron chi connectivity index (χ2n) is 12.0. The molecule has 7 rings (SSSR count). The number of para-hydroxylation sites is 2. The highest BCUT2D eigenvalue weighted by molar-refractivity contribution is 5.70. The van der Waals surface area contributed by atoms with Crippen LogP contribution in [0.4, 0.5) is 65.7 Å². The first kappa shape index (κ1) is 34.8. The normalized spacial score (nSPS) is 10.4. The van der Waals surface area contributed by atoms with E-state index in [9.17, 15) is 13.9 Å². The van der Waals surface area contributed by atoms with Crippen LogP contribution in [0.5, 0.6) is 5.75 Å². The molecule has 0 aromatic heterocycles. The molecule has 0 amide bonds. The molecule has 7 aromatic carbocycles. The summed E-state index contributed by atoms with van der Waals surface area (Å²) in [4.78, 5) is 0. The molecule has 0 aliphatic rings. The maximum atomic E-state index is 14.4. The van der Waals surface area contributed by atoms with Crippen molar-refractivity contribution in [1.82, 2.24) is 0 Å². The first-order valence-electron chi connectivity index (χ1n) is 16.6. The summed E-state index contributed by atoms with van der Waals surface area (Å²) in [7, 11) is 0. The summed E-state index contributed by atoms with van der Waals surface area (Å²) in [6, 6.07) is 51.1. The third-order valence-corrected chi connectivity index (χ3v) is 8.03. The number of nitrogen functional groups attached to an aromatic ring is 2. The van der Waals surface area contributed by atoms with Crippen molar-refractivity contribution >= 4 is 56.9 Å². The van der Waals surface area contributed by atoms with Gasteiger partial charge in [0, 0.05) is 51.6 Å². The number of nitrogens with one attached hydrogen (secondary N) is 4. The number of nitrogens with two attached hydrogens (primary N) is 2. The van der Waals surface area contributed by atoms with Crippen molar-refractivity contribution in [2.75, 3.05) is 32.7 Å². The van der Waals surface area contributed by atoms with E-state index in [0.717, 1.165) is 45.3 Å². The Labute approximate surface area is 301 Å². The summed E-state index contributed by atoms with van der Waals surface area (Å²) in [6.45, 7) is 0. The van der Waals surface area contributed by atoms with E-state index >= 15 is 0 Å². The average molecular weight is 693 g/mol. The number of phenols is 1. The van der Waals surface area contributed by atoms with Crippen molar-refractivity contribution in [3.8, 4) is 5.75 Å². The van der Waals surface area contributed by atoms with Crippen molar-refractivity contribution < 1.29 is 13.9 Å². The van der Waals surface area contributed by atoms with Gasteiger partial charge in [-0.05, 0) is 109 Å². The van der Waals surface area contributed by atoms with Crippen LogP contribution in [0.1, 0.15) is 11.1 Å². The third kappa shape index (κ3) is 9.58. The van der Waals surface area contributed by atoms with Crippen molar-refractivity contribution in [2.45, 2.75) is 6.42 Å². The zero-order valence-electron chi connectivity index (χ0n) is 28.2. The summed E-state index contributed by atoms with van der Waals surface area (Å²) in [5.74, 6) is -1.35. The molecule has 7 nitrogen and oxygen atoms in total. The van der Waals surface area contributed by atoms with Gasteiger partial charge < -0.3 is 37.8 Å². The van der Waals surface area contributed by atoms with Crippen molar-refractivity contribution in [1.29, 1.82) is 0 Å². The maximum Gasteiger partial charge on any atom is 0.151 e. The maximum absolute atomic E-state index is 14.4. The van der Waals surface area contributed by atoms with Gasteiger partial charge in [0.05, 0.1) is 5.69 Å². The summed E-state index contributed by atoms with van der Waals surface area (Å²) >= 11 is 0. The summed E-state index contributed by atoms with van der Waals surface area (Å²) < 4.78 is 27.9. The predicted octanol–water partition coefficient (Wildman–Crippen LogP) is 11.1. The van der Waals surface area contributed by atoms with Crippen LogP contribution in [0, 0.1) is 11.6 Å². The number of halogens is 2. The molecule has 0 heterocycles. The molecule has 0 saturated carbocycles. The van der Waals surface area contributed by atoms with Crippen LogP contribution < -0.4 is 32.7 Å². The van der Waals surface area contributed by atoms with Crippen molar-refractivity contribution in [3.63, 3.8) is 0 Å². The van der Waals surface area contributed by atoms with Gasteiger partial charge in [-0.2, -0.15) is 0 Å². The van der Waals surface area contributed by atoms with Gasteiger partial charge in [0.25, 0.3) is 0 Å². The van der Waals surface area contributed by atoms with E-state index in [1.54, 1.807) is 0 Å². The minimum Gasteiger partial charge on any atom is -0.506 e. The summed E-state index contributed by atoms with van der Waals surface area (Å²) in [5, 5.41) is 22.5. The lowest BCUT2D eigenvalue weighted by Gasteiger charge is -2.13. The van der Waals surface area contributed by atoms with Gasteiger partial charge in [0.1, 0.15) is 17.3 Å². The zero-order chi connectivity index (χ0) is 36.3. The predicted molar refractivity (Wildman–Crippen MR) is 211 cm³/mol. The van der Waals surface area contributed by atoms with Gasteiger partial charge in [0.2, 0.25) is 0 Å². The van der Waals surface area contributed by atoms with E-state index in [1.165, 1.54) is 18.2 Å². The Morgan fingerprint density at radius 1 is 0.404 bits per heavy atom. The number of aromatic hydroxyl groups is 1. The van der Waals surface area contributed by atoms with Gasteiger partial charge in [-0.3, -0.25) is 0 Å². The molecule has 0 bridgehead atoms. The molecule has 9 N–H and O–H groups in total. The highest BCUT2D eigenvalue weighted by Crippen LogP contribution is 2.30. The van der Waals surface area contributed by atoms with Gasteiger partial charge in [-0.15, -0.1) is 0 Å². The fraction of sp³-hybridized carbons (Fsp3) is 0.0233. The molecular formula is C43H38F2N6O. The minimum atomic E-state index is -0.658. The Kier molecular flexibility index (Phi) is 11.1. The minimum absolute atomic E-state index is 0.196. The number of benzene rings is 7. The lowest BCUT2D eigenvalue weighted by molar-refractivity contribution is 0.473. The molecule has 0 radical (unpaired) electrons. The molecule has 0 saturated heterocycles. The van der Waals surface area contributed by atoms with Crippen LogP contribution >= 0.6 is 0 Å². The van der Waals surface area contributed by atoms with Crippen molar-refractivity contribution in [2.24, 2.45) is 0 Å². The number of rotatable bonds is 10.